The van der Waals surface area contributed by atoms with Crippen molar-refractivity contribution in [2.24, 2.45) is 0 Å². The number of ether oxygens (including phenoxy) is 1. The number of para-hydroxylation sites is 2. The van der Waals surface area contributed by atoms with Gasteiger partial charge < -0.3 is 15.2 Å². The third-order valence-corrected chi connectivity index (χ3v) is 4.83. The topological polar surface area (TPSA) is 93.4 Å². The number of anilines is 1. The Morgan fingerprint density at radius 2 is 1.63 bits per heavy atom. The fourth-order valence-electron chi connectivity index (χ4n) is 3.02. The summed E-state index contributed by atoms with van der Waals surface area (Å²) in [6.07, 6.45) is -9.24. The van der Waals surface area contributed by atoms with Crippen LogP contribution in [-0.4, -0.2) is 46.7 Å². The second kappa shape index (κ2) is 10.6. The Balaban J connectivity index is 1.89. The summed E-state index contributed by atoms with van der Waals surface area (Å²) in [4.78, 5) is 25.5. The molecule has 3 rings (SSSR count). The van der Waals surface area contributed by atoms with Gasteiger partial charge in [0.2, 0.25) is 5.60 Å². The SMILES string of the molecule is O=C(Nc1ccccc1OCC(F)F)c1ccnn(-c2ccc(C(O)(C(F)F)C(F)F)cc2)c1=O. The zero-order chi connectivity index (χ0) is 25.8. The van der Waals surface area contributed by atoms with Gasteiger partial charge in [0.1, 0.15) is 17.9 Å². The predicted octanol–water partition coefficient (Wildman–Crippen LogP) is 3.85. The van der Waals surface area contributed by atoms with E-state index in [4.69, 9.17) is 4.74 Å². The summed E-state index contributed by atoms with van der Waals surface area (Å²) in [6, 6.07) is 10.3. The Bertz CT molecular complexity index is 1230. The quantitative estimate of drug-likeness (QED) is 0.435. The first-order valence-electron chi connectivity index (χ1n) is 9.85. The van der Waals surface area contributed by atoms with E-state index in [0.29, 0.717) is 4.68 Å². The molecule has 0 unspecified atom stereocenters. The maximum atomic E-state index is 13.1. The third-order valence-electron chi connectivity index (χ3n) is 4.83. The Morgan fingerprint density at radius 1 is 1.00 bits per heavy atom. The lowest BCUT2D eigenvalue weighted by Gasteiger charge is -2.26. The summed E-state index contributed by atoms with van der Waals surface area (Å²) >= 11 is 0. The van der Waals surface area contributed by atoms with Gasteiger partial charge in [-0.1, -0.05) is 24.3 Å². The first kappa shape index (κ1) is 25.7. The molecule has 1 heterocycles. The number of alkyl halides is 6. The molecular formula is C22H17F6N3O4. The zero-order valence-corrected chi connectivity index (χ0v) is 17.5. The summed E-state index contributed by atoms with van der Waals surface area (Å²) in [5, 5.41) is 15.9. The highest BCUT2D eigenvalue weighted by Crippen LogP contribution is 2.35. The maximum Gasteiger partial charge on any atom is 0.284 e. The van der Waals surface area contributed by atoms with Gasteiger partial charge >= 0.3 is 0 Å². The van der Waals surface area contributed by atoms with Gasteiger partial charge in [-0.3, -0.25) is 9.59 Å². The normalized spacial score (nSPS) is 11.8. The van der Waals surface area contributed by atoms with Crippen LogP contribution >= 0.6 is 0 Å². The molecule has 0 saturated heterocycles. The minimum absolute atomic E-state index is 0.0172. The molecule has 35 heavy (non-hydrogen) atoms. The molecule has 0 radical (unpaired) electrons. The van der Waals surface area contributed by atoms with Gasteiger partial charge in [-0.15, -0.1) is 0 Å². The highest BCUT2D eigenvalue weighted by atomic mass is 19.3. The minimum Gasteiger partial charge on any atom is -0.485 e. The van der Waals surface area contributed by atoms with Crippen molar-refractivity contribution in [3.63, 3.8) is 0 Å². The van der Waals surface area contributed by atoms with Crippen LogP contribution in [0.3, 0.4) is 0 Å². The van der Waals surface area contributed by atoms with E-state index in [1.54, 1.807) is 0 Å². The van der Waals surface area contributed by atoms with E-state index < -0.39 is 54.1 Å². The van der Waals surface area contributed by atoms with E-state index in [-0.39, 0.29) is 17.1 Å². The van der Waals surface area contributed by atoms with Crippen molar-refractivity contribution >= 4 is 11.6 Å². The van der Waals surface area contributed by atoms with Gasteiger partial charge in [0.15, 0.2) is 0 Å². The molecule has 0 bridgehead atoms. The van der Waals surface area contributed by atoms with Crippen LogP contribution in [0.25, 0.3) is 5.69 Å². The lowest BCUT2D eigenvalue weighted by atomic mass is 9.94. The molecule has 1 aromatic heterocycles. The second-order valence-corrected chi connectivity index (χ2v) is 7.09. The maximum absolute atomic E-state index is 13.1. The molecule has 0 aliphatic heterocycles. The van der Waals surface area contributed by atoms with Crippen LogP contribution in [0.15, 0.2) is 65.6 Å². The lowest BCUT2D eigenvalue weighted by Crippen LogP contribution is -2.41. The molecule has 0 spiro atoms. The number of carbonyl (C=O) groups is 1. The summed E-state index contributed by atoms with van der Waals surface area (Å²) in [5.41, 5.74) is -5.93. The summed E-state index contributed by atoms with van der Waals surface area (Å²) in [7, 11) is 0. The minimum atomic E-state index is -3.78. The van der Waals surface area contributed by atoms with Gasteiger partial charge in [-0.05, 0) is 35.9 Å². The molecule has 7 nitrogen and oxygen atoms in total. The number of nitrogens with one attached hydrogen (secondary N) is 1. The molecular weight excluding hydrogens is 484 g/mol. The molecule has 1 amide bonds. The van der Waals surface area contributed by atoms with Crippen LogP contribution in [-0.2, 0) is 5.60 Å². The molecule has 2 aromatic carbocycles. The van der Waals surface area contributed by atoms with Crippen molar-refractivity contribution in [2.75, 3.05) is 11.9 Å². The number of halogens is 6. The molecule has 13 heteroatoms. The summed E-state index contributed by atoms with van der Waals surface area (Å²) < 4.78 is 82.8. The van der Waals surface area contributed by atoms with Crippen LogP contribution < -0.4 is 15.6 Å². The number of amides is 1. The van der Waals surface area contributed by atoms with Crippen LogP contribution in [0.2, 0.25) is 0 Å². The summed E-state index contributed by atoms with van der Waals surface area (Å²) in [6.45, 7) is -0.919. The van der Waals surface area contributed by atoms with Crippen molar-refractivity contribution in [1.29, 1.82) is 0 Å². The van der Waals surface area contributed by atoms with Crippen LogP contribution in [0.4, 0.5) is 32.0 Å². The van der Waals surface area contributed by atoms with Gasteiger partial charge in [-0.25, -0.2) is 26.3 Å². The molecule has 0 atom stereocenters. The Labute approximate surface area is 193 Å². The van der Waals surface area contributed by atoms with E-state index in [0.717, 1.165) is 36.5 Å². The molecule has 0 aliphatic carbocycles. The predicted molar refractivity (Wildman–Crippen MR) is 112 cm³/mol. The number of aromatic nitrogens is 2. The van der Waals surface area contributed by atoms with E-state index >= 15 is 0 Å². The number of carbonyl (C=O) groups excluding carboxylic acids is 1. The first-order valence-corrected chi connectivity index (χ1v) is 9.85. The Hall–Kier alpha value is -3.87. The molecule has 186 valence electrons. The Morgan fingerprint density at radius 3 is 2.23 bits per heavy atom. The van der Waals surface area contributed by atoms with Gasteiger partial charge in [-0.2, -0.15) is 9.78 Å². The lowest BCUT2D eigenvalue weighted by molar-refractivity contribution is -0.183. The van der Waals surface area contributed by atoms with Crippen molar-refractivity contribution in [3.05, 3.63) is 82.3 Å². The summed E-state index contributed by atoms with van der Waals surface area (Å²) in [5.74, 6) is -0.989. The molecule has 0 aliphatic rings. The first-order chi connectivity index (χ1) is 16.6. The standard InChI is InChI=1S/C22H17F6N3O4/c23-17(24)11-35-16-4-2-1-3-15(16)30-18(32)14-9-10-29-31(19(14)33)13-7-5-12(6-8-13)22(34,20(25)26)21(27)28/h1-10,17,20-21,34H,11H2,(H,30,32). The van der Waals surface area contributed by atoms with Gasteiger partial charge in [0.25, 0.3) is 30.7 Å². The van der Waals surface area contributed by atoms with E-state index in [1.807, 2.05) is 0 Å². The van der Waals surface area contributed by atoms with Crippen LogP contribution in [0, 0.1) is 0 Å². The highest BCUT2D eigenvalue weighted by Gasteiger charge is 2.48. The number of rotatable bonds is 9. The number of hydrogen-bond donors (Lipinski definition) is 2. The fraction of sp³-hybridized carbons (Fsp3) is 0.227. The number of nitrogens with zero attached hydrogens (tertiary/aromatic N) is 2. The molecule has 3 aromatic rings. The zero-order valence-electron chi connectivity index (χ0n) is 17.5. The Kier molecular flexibility index (Phi) is 7.79. The van der Waals surface area contributed by atoms with Gasteiger partial charge in [0.05, 0.1) is 11.4 Å². The average Bonchev–Trinajstić information content (AvgIpc) is 2.82. The smallest absolute Gasteiger partial charge is 0.284 e. The van der Waals surface area contributed by atoms with Crippen molar-refractivity contribution in [2.45, 2.75) is 24.9 Å². The third kappa shape index (κ3) is 5.45. The number of aliphatic hydroxyl groups is 1. The van der Waals surface area contributed by atoms with Crippen molar-refractivity contribution < 1.29 is 41.0 Å². The van der Waals surface area contributed by atoms with Gasteiger partial charge in [0, 0.05) is 6.20 Å². The second-order valence-electron chi connectivity index (χ2n) is 7.09. The largest absolute Gasteiger partial charge is 0.485 e. The van der Waals surface area contributed by atoms with Crippen molar-refractivity contribution in [3.8, 4) is 11.4 Å². The number of hydrogen-bond acceptors (Lipinski definition) is 5. The highest BCUT2D eigenvalue weighted by molar-refractivity contribution is 6.04. The van der Waals surface area contributed by atoms with Crippen LogP contribution in [0.1, 0.15) is 15.9 Å². The van der Waals surface area contributed by atoms with E-state index in [1.165, 1.54) is 24.3 Å². The molecule has 0 saturated carbocycles. The van der Waals surface area contributed by atoms with Crippen LogP contribution in [0.5, 0.6) is 5.75 Å². The van der Waals surface area contributed by atoms with E-state index in [9.17, 15) is 41.0 Å². The molecule has 0 fully saturated rings. The van der Waals surface area contributed by atoms with Crippen molar-refractivity contribution in [1.82, 2.24) is 9.78 Å². The monoisotopic (exact) mass is 501 g/mol. The molecule has 2 N–H and O–H groups in total. The average molecular weight is 501 g/mol. The fourth-order valence-corrected chi connectivity index (χ4v) is 3.02. The van der Waals surface area contributed by atoms with E-state index in [2.05, 4.69) is 10.4 Å². The number of benzene rings is 2.